The van der Waals surface area contributed by atoms with Crippen molar-refractivity contribution in [3.05, 3.63) is 28.2 Å². The van der Waals surface area contributed by atoms with Gasteiger partial charge in [-0.1, -0.05) is 28.9 Å². The Bertz CT molecular complexity index is 521. The molecule has 0 aliphatic carbocycles. The fourth-order valence-electron chi connectivity index (χ4n) is 3.48. The topological polar surface area (TPSA) is 44.5 Å². The molecular formula is C16H22BrNO2. The smallest absolute Gasteiger partial charge is 0.126 e. The van der Waals surface area contributed by atoms with Crippen LogP contribution in [0, 0.1) is 0 Å². The van der Waals surface area contributed by atoms with Crippen LogP contribution in [0.5, 0.6) is 5.75 Å². The summed E-state index contributed by atoms with van der Waals surface area (Å²) in [6, 6.07) is 6.18. The van der Waals surface area contributed by atoms with E-state index in [2.05, 4.69) is 35.8 Å². The first-order chi connectivity index (χ1) is 9.45. The summed E-state index contributed by atoms with van der Waals surface area (Å²) >= 11 is 3.51. The number of ether oxygens (including phenoxy) is 2. The summed E-state index contributed by atoms with van der Waals surface area (Å²) in [5.41, 5.74) is 7.24. The summed E-state index contributed by atoms with van der Waals surface area (Å²) in [6.07, 6.45) is 3.71. The first-order valence-corrected chi connectivity index (χ1v) is 8.13. The van der Waals surface area contributed by atoms with Gasteiger partial charge < -0.3 is 15.2 Å². The molecule has 0 saturated carbocycles. The van der Waals surface area contributed by atoms with Gasteiger partial charge in [-0.15, -0.1) is 0 Å². The molecule has 4 heteroatoms. The molecule has 1 aromatic carbocycles. The minimum Gasteiger partial charge on any atom is -0.487 e. The van der Waals surface area contributed by atoms with Crippen molar-refractivity contribution >= 4 is 15.9 Å². The molecule has 2 N–H and O–H groups in total. The van der Waals surface area contributed by atoms with Gasteiger partial charge in [-0.2, -0.15) is 0 Å². The average Bonchev–Trinajstić information content (AvgIpc) is 2.37. The number of benzene rings is 1. The molecule has 1 spiro atoms. The normalized spacial score (nSPS) is 36.5. The van der Waals surface area contributed by atoms with Crippen molar-refractivity contribution in [2.45, 2.75) is 56.8 Å². The van der Waals surface area contributed by atoms with E-state index in [1.807, 2.05) is 12.1 Å². The van der Waals surface area contributed by atoms with Gasteiger partial charge in [0.2, 0.25) is 0 Å². The van der Waals surface area contributed by atoms with Crippen molar-refractivity contribution in [2.75, 3.05) is 6.61 Å². The minimum absolute atomic E-state index is 0.0473. The molecule has 1 saturated heterocycles. The van der Waals surface area contributed by atoms with Crippen LogP contribution in [0.15, 0.2) is 22.7 Å². The van der Waals surface area contributed by atoms with Gasteiger partial charge in [0, 0.05) is 35.3 Å². The maximum atomic E-state index is 6.42. The summed E-state index contributed by atoms with van der Waals surface area (Å²) < 4.78 is 13.4. The van der Waals surface area contributed by atoms with Gasteiger partial charge in [0.25, 0.3) is 0 Å². The molecule has 110 valence electrons. The fraction of sp³-hybridized carbons (Fsp3) is 0.625. The lowest BCUT2D eigenvalue weighted by Gasteiger charge is -2.49. The van der Waals surface area contributed by atoms with Crippen LogP contribution in [-0.4, -0.2) is 17.8 Å². The Morgan fingerprint density at radius 3 is 3.00 bits per heavy atom. The Morgan fingerprint density at radius 2 is 2.25 bits per heavy atom. The number of nitrogens with two attached hydrogens (primary N) is 1. The third-order valence-electron chi connectivity index (χ3n) is 4.75. The molecule has 2 heterocycles. The maximum absolute atomic E-state index is 6.42. The van der Waals surface area contributed by atoms with Gasteiger partial charge >= 0.3 is 0 Å². The number of rotatable bonds is 1. The van der Waals surface area contributed by atoms with E-state index < -0.39 is 0 Å². The van der Waals surface area contributed by atoms with Crippen molar-refractivity contribution < 1.29 is 9.47 Å². The Morgan fingerprint density at radius 1 is 1.45 bits per heavy atom. The van der Waals surface area contributed by atoms with Gasteiger partial charge in [0.05, 0.1) is 12.2 Å². The first-order valence-electron chi connectivity index (χ1n) is 7.33. The van der Waals surface area contributed by atoms with Crippen LogP contribution in [0.1, 0.15) is 51.1 Å². The molecule has 1 fully saturated rings. The van der Waals surface area contributed by atoms with Gasteiger partial charge in [-0.3, -0.25) is 0 Å². The number of hydrogen-bond donors (Lipinski definition) is 1. The lowest BCUT2D eigenvalue weighted by atomic mass is 9.75. The number of hydrogen-bond acceptors (Lipinski definition) is 3. The molecular weight excluding hydrogens is 318 g/mol. The molecule has 3 atom stereocenters. The van der Waals surface area contributed by atoms with Crippen molar-refractivity contribution in [3.63, 3.8) is 0 Å². The molecule has 2 unspecified atom stereocenters. The van der Waals surface area contributed by atoms with Crippen molar-refractivity contribution in [3.8, 4) is 5.75 Å². The van der Waals surface area contributed by atoms with E-state index in [4.69, 9.17) is 15.2 Å². The second kappa shape index (κ2) is 5.00. The SMILES string of the molecule is CCC1(C)CC2(CCO1)C[C@@H](N)c1ccc(Br)cc1O2. The second-order valence-electron chi connectivity index (χ2n) is 6.36. The zero-order valence-corrected chi connectivity index (χ0v) is 13.7. The highest BCUT2D eigenvalue weighted by atomic mass is 79.9. The highest BCUT2D eigenvalue weighted by molar-refractivity contribution is 9.10. The van der Waals surface area contributed by atoms with Crippen LogP contribution in [-0.2, 0) is 4.74 Å². The van der Waals surface area contributed by atoms with Crippen molar-refractivity contribution in [2.24, 2.45) is 5.73 Å². The summed E-state index contributed by atoms with van der Waals surface area (Å²) in [4.78, 5) is 0. The van der Waals surface area contributed by atoms with Crippen molar-refractivity contribution in [1.82, 2.24) is 0 Å². The van der Waals surface area contributed by atoms with Crippen LogP contribution >= 0.6 is 15.9 Å². The van der Waals surface area contributed by atoms with Crippen LogP contribution in [0.25, 0.3) is 0 Å². The van der Waals surface area contributed by atoms with E-state index >= 15 is 0 Å². The van der Waals surface area contributed by atoms with Gasteiger partial charge in [0.15, 0.2) is 0 Å². The molecule has 1 aromatic rings. The van der Waals surface area contributed by atoms with Gasteiger partial charge in [0.1, 0.15) is 11.4 Å². The highest BCUT2D eigenvalue weighted by Gasteiger charge is 2.47. The van der Waals surface area contributed by atoms with E-state index in [0.29, 0.717) is 0 Å². The molecule has 0 aromatic heterocycles. The Labute approximate surface area is 129 Å². The zero-order valence-electron chi connectivity index (χ0n) is 12.1. The third-order valence-corrected chi connectivity index (χ3v) is 5.24. The minimum atomic E-state index is -0.170. The monoisotopic (exact) mass is 339 g/mol. The summed E-state index contributed by atoms with van der Waals surface area (Å²) in [6.45, 7) is 5.10. The van der Waals surface area contributed by atoms with Crippen LogP contribution in [0.4, 0.5) is 0 Å². The molecule has 0 radical (unpaired) electrons. The fourth-order valence-corrected chi connectivity index (χ4v) is 3.82. The molecule has 2 aliphatic rings. The van der Waals surface area contributed by atoms with E-state index in [1.54, 1.807) is 0 Å². The summed E-state index contributed by atoms with van der Waals surface area (Å²) in [5, 5.41) is 0. The van der Waals surface area contributed by atoms with Gasteiger partial charge in [-0.05, 0) is 25.5 Å². The lowest BCUT2D eigenvalue weighted by molar-refractivity contribution is -0.151. The molecule has 3 nitrogen and oxygen atoms in total. The second-order valence-corrected chi connectivity index (χ2v) is 7.27. The number of fused-ring (bicyclic) bond motifs is 1. The Hall–Kier alpha value is -0.580. The lowest BCUT2D eigenvalue weighted by Crippen LogP contribution is -2.53. The highest BCUT2D eigenvalue weighted by Crippen LogP contribution is 2.47. The van der Waals surface area contributed by atoms with E-state index in [9.17, 15) is 0 Å². The van der Waals surface area contributed by atoms with Gasteiger partial charge in [-0.25, -0.2) is 0 Å². The zero-order chi connectivity index (χ0) is 14.4. The summed E-state index contributed by atoms with van der Waals surface area (Å²) in [7, 11) is 0. The van der Waals surface area contributed by atoms with Crippen LogP contribution < -0.4 is 10.5 Å². The Balaban J connectivity index is 1.93. The van der Waals surface area contributed by atoms with Crippen molar-refractivity contribution in [1.29, 1.82) is 0 Å². The molecule has 3 rings (SSSR count). The largest absolute Gasteiger partial charge is 0.487 e. The molecule has 0 bridgehead atoms. The number of halogens is 1. The van der Waals surface area contributed by atoms with E-state index in [1.165, 1.54) is 0 Å². The van der Waals surface area contributed by atoms with Crippen LogP contribution in [0.2, 0.25) is 0 Å². The predicted molar refractivity (Wildman–Crippen MR) is 82.9 cm³/mol. The Kier molecular flexibility index (Phi) is 3.59. The summed E-state index contributed by atoms with van der Waals surface area (Å²) in [5.74, 6) is 0.929. The van der Waals surface area contributed by atoms with E-state index in [0.717, 1.165) is 48.1 Å². The molecule has 2 aliphatic heterocycles. The van der Waals surface area contributed by atoms with E-state index in [-0.39, 0.29) is 17.2 Å². The maximum Gasteiger partial charge on any atom is 0.126 e. The standard InChI is InChI=1S/C16H22BrNO2/c1-3-15(2)10-16(6-7-19-15)9-13(18)12-5-4-11(17)8-14(12)20-16/h4-5,8,13H,3,6-7,9-10,18H2,1-2H3/t13-,15?,16?/m1/s1. The first kappa shape index (κ1) is 14.4. The average molecular weight is 340 g/mol. The predicted octanol–water partition coefficient (Wildman–Crippen LogP) is 3.95. The van der Waals surface area contributed by atoms with Crippen LogP contribution in [0.3, 0.4) is 0 Å². The molecule has 20 heavy (non-hydrogen) atoms. The molecule has 0 amide bonds. The third kappa shape index (κ3) is 2.49. The quantitative estimate of drug-likeness (QED) is 0.842.